The highest BCUT2D eigenvalue weighted by molar-refractivity contribution is 6.00. The van der Waals surface area contributed by atoms with Gasteiger partial charge in [0.1, 0.15) is 5.82 Å². The fourth-order valence-corrected chi connectivity index (χ4v) is 8.70. The van der Waals surface area contributed by atoms with Gasteiger partial charge in [-0.2, -0.15) is 0 Å². The second kappa shape index (κ2) is 28.2. The van der Waals surface area contributed by atoms with E-state index >= 15 is 0 Å². The van der Waals surface area contributed by atoms with Crippen LogP contribution < -0.4 is 16.4 Å². The van der Waals surface area contributed by atoms with E-state index < -0.39 is 10.7 Å². The fourth-order valence-electron chi connectivity index (χ4n) is 8.70. The van der Waals surface area contributed by atoms with Crippen LogP contribution in [0.25, 0.3) is 22.0 Å². The summed E-state index contributed by atoms with van der Waals surface area (Å²) >= 11 is 0. The molecule has 9 rings (SSSR count). The van der Waals surface area contributed by atoms with Gasteiger partial charge in [-0.05, 0) is 183 Å². The van der Waals surface area contributed by atoms with E-state index in [0.717, 1.165) is 89.7 Å². The van der Waals surface area contributed by atoms with Crippen molar-refractivity contribution in [1.82, 2.24) is 24.7 Å². The second-order valence-corrected chi connectivity index (χ2v) is 18.7. The van der Waals surface area contributed by atoms with Crippen molar-refractivity contribution < 1.29 is 19.0 Å². The number of nitrogens with one attached hydrogen (secondary N) is 2. The molecule has 0 saturated carbocycles. The SMILES string of the molecule is C.C=CC(=O)Nc1cccc(-c2cccc3cnc(Nc4ccc(CC5CCN(C)CC5)cc4)nc23)c1.CN1CCC(Cc2ccc([N+](=O)[O-])cc2)CC1.CN1CCC(N)CC1.O=[N+]([O-])c1ccc(F)cc1. The Kier molecular flexibility index (Phi) is 21.9. The van der Waals surface area contributed by atoms with Gasteiger partial charge in [0.25, 0.3) is 11.4 Å². The Morgan fingerprint density at radius 2 is 1.19 bits per heavy atom. The molecule has 3 aliphatic rings. The highest BCUT2D eigenvalue weighted by atomic mass is 19.1. The molecular formula is C56H71FN10O5. The number of fused-ring (bicyclic) bond motifs is 1. The van der Waals surface area contributed by atoms with Gasteiger partial charge in [-0.3, -0.25) is 25.0 Å². The van der Waals surface area contributed by atoms with Crippen LogP contribution in [-0.2, 0) is 17.6 Å². The Hall–Kier alpha value is -6.98. The molecule has 3 saturated heterocycles. The summed E-state index contributed by atoms with van der Waals surface area (Å²) in [6.45, 7) is 10.6. The minimum Gasteiger partial charge on any atom is -0.328 e. The van der Waals surface area contributed by atoms with Gasteiger partial charge in [-0.1, -0.05) is 68.6 Å². The molecule has 0 spiro atoms. The number of hydrogen-bond donors (Lipinski definition) is 3. The van der Waals surface area contributed by atoms with Crippen LogP contribution >= 0.6 is 0 Å². The number of aromatic nitrogens is 2. The first kappa shape index (κ1) is 55.9. The number of carbonyl (C=O) groups is 1. The maximum Gasteiger partial charge on any atom is 0.269 e. The van der Waals surface area contributed by atoms with Crippen molar-refractivity contribution in [3.05, 3.63) is 171 Å². The summed E-state index contributed by atoms with van der Waals surface area (Å²) in [6, 6.07) is 34.2. The van der Waals surface area contributed by atoms with Crippen LogP contribution in [0.3, 0.4) is 0 Å². The van der Waals surface area contributed by atoms with Crippen molar-refractivity contribution in [2.75, 3.05) is 71.0 Å². The molecule has 6 aromatic rings. The molecule has 16 heteroatoms. The van der Waals surface area contributed by atoms with E-state index in [4.69, 9.17) is 10.7 Å². The Morgan fingerprint density at radius 3 is 1.69 bits per heavy atom. The van der Waals surface area contributed by atoms with Crippen molar-refractivity contribution in [3.63, 3.8) is 0 Å². The molecule has 0 radical (unpaired) electrons. The van der Waals surface area contributed by atoms with Crippen molar-refractivity contribution in [2.24, 2.45) is 17.6 Å². The molecule has 0 atom stereocenters. The zero-order valence-electron chi connectivity index (χ0n) is 41.1. The van der Waals surface area contributed by atoms with Crippen molar-refractivity contribution in [1.29, 1.82) is 0 Å². The maximum absolute atomic E-state index is 12.1. The standard InChI is InChI=1S/C30H31N5O.C13H18N2O2.C6H4FNO2.C6H14N2.CH4/c1-3-28(36)32-26-8-4-6-23(19-26)27-9-5-7-24-20-31-30(34-29(24)27)33-25-12-10-21(11-13-25)18-22-14-16-35(2)17-15-22;1-14-8-6-12(7-9-14)10-11-2-4-13(5-3-11)15(16)17;7-5-1-3-6(4-2-5)8(9)10;1-8-4-2-6(7)3-5-8;/h3-13,19-20,22H,1,14-18H2,2H3,(H,32,36)(H,31,33,34);2-5,12H,6-10H2,1H3;1-4H;6H,2-5,7H2,1H3;1H4. The van der Waals surface area contributed by atoms with E-state index in [2.05, 4.69) is 82.3 Å². The summed E-state index contributed by atoms with van der Waals surface area (Å²) in [5.74, 6) is 1.34. The highest BCUT2D eigenvalue weighted by Crippen LogP contribution is 2.30. The molecule has 0 bridgehead atoms. The first-order valence-corrected chi connectivity index (χ1v) is 24.3. The van der Waals surface area contributed by atoms with E-state index in [1.807, 2.05) is 60.8 Å². The summed E-state index contributed by atoms with van der Waals surface area (Å²) in [4.78, 5) is 47.8. The van der Waals surface area contributed by atoms with Gasteiger partial charge >= 0.3 is 0 Å². The molecule has 4 heterocycles. The first-order chi connectivity index (χ1) is 34.2. The summed E-state index contributed by atoms with van der Waals surface area (Å²) < 4.78 is 12.1. The molecule has 5 aromatic carbocycles. The number of nitrogens with zero attached hydrogens (tertiary/aromatic N) is 7. The van der Waals surface area contributed by atoms with Crippen LogP contribution in [0.2, 0.25) is 0 Å². The number of halogens is 1. The number of carbonyl (C=O) groups excluding carboxylic acids is 1. The number of non-ortho nitro benzene ring substituents is 2. The number of nitro groups is 2. The number of amides is 1. The van der Waals surface area contributed by atoms with Crippen LogP contribution in [0.4, 0.5) is 33.1 Å². The predicted octanol–water partition coefficient (Wildman–Crippen LogP) is 10.9. The Labute approximate surface area is 423 Å². The number of hydrogen-bond acceptors (Lipinski definition) is 12. The maximum atomic E-state index is 12.1. The third-order valence-corrected chi connectivity index (χ3v) is 13.1. The van der Waals surface area contributed by atoms with Crippen LogP contribution in [0.15, 0.2) is 134 Å². The number of anilines is 3. The van der Waals surface area contributed by atoms with Gasteiger partial charge in [0.15, 0.2) is 0 Å². The molecule has 0 aliphatic carbocycles. The van der Waals surface area contributed by atoms with Crippen LogP contribution in [0, 0.1) is 37.9 Å². The highest BCUT2D eigenvalue weighted by Gasteiger charge is 2.19. The summed E-state index contributed by atoms with van der Waals surface area (Å²) in [6.07, 6.45) is 12.6. The number of likely N-dealkylation sites (tertiary alicyclic amines) is 3. The average molecular weight is 983 g/mol. The summed E-state index contributed by atoms with van der Waals surface area (Å²) in [5, 5.41) is 27.7. The smallest absolute Gasteiger partial charge is 0.269 e. The lowest BCUT2D eigenvalue weighted by atomic mass is 9.90. The van der Waals surface area contributed by atoms with E-state index in [9.17, 15) is 29.4 Å². The molecule has 1 aromatic heterocycles. The molecule has 382 valence electrons. The Balaban J connectivity index is 0.000000218. The van der Waals surface area contributed by atoms with Gasteiger partial charge in [0, 0.05) is 58.8 Å². The summed E-state index contributed by atoms with van der Waals surface area (Å²) in [7, 11) is 6.50. The number of rotatable bonds is 11. The lowest BCUT2D eigenvalue weighted by Gasteiger charge is -2.28. The third kappa shape index (κ3) is 18.0. The van der Waals surface area contributed by atoms with Crippen molar-refractivity contribution >= 4 is 45.5 Å². The molecule has 1 amide bonds. The van der Waals surface area contributed by atoms with Gasteiger partial charge in [-0.25, -0.2) is 14.4 Å². The molecule has 3 aliphatic heterocycles. The van der Waals surface area contributed by atoms with Gasteiger partial charge in [0.05, 0.1) is 15.4 Å². The molecule has 72 heavy (non-hydrogen) atoms. The number of piperidine rings is 3. The van der Waals surface area contributed by atoms with Gasteiger partial charge in [-0.15, -0.1) is 0 Å². The number of para-hydroxylation sites is 1. The lowest BCUT2D eigenvalue weighted by Crippen LogP contribution is -2.37. The quantitative estimate of drug-likeness (QED) is 0.0634. The Bertz CT molecular complexity index is 2640. The van der Waals surface area contributed by atoms with E-state index in [1.54, 1.807) is 12.1 Å². The van der Waals surface area contributed by atoms with E-state index in [0.29, 0.717) is 17.7 Å². The zero-order valence-corrected chi connectivity index (χ0v) is 41.1. The fraction of sp³-hybridized carbons (Fsp3) is 0.375. The van der Waals surface area contributed by atoms with E-state index in [1.165, 1.54) is 81.9 Å². The molecule has 0 unspecified atom stereocenters. The average Bonchev–Trinajstić information content (AvgIpc) is 3.37. The normalized spacial score (nSPS) is 15.7. The zero-order chi connectivity index (χ0) is 50.7. The second-order valence-electron chi connectivity index (χ2n) is 18.7. The number of benzene rings is 5. The molecular weight excluding hydrogens is 912 g/mol. The Morgan fingerprint density at radius 1 is 0.708 bits per heavy atom. The molecule has 15 nitrogen and oxygen atoms in total. The van der Waals surface area contributed by atoms with Gasteiger partial charge in [0.2, 0.25) is 11.9 Å². The van der Waals surface area contributed by atoms with Gasteiger partial charge < -0.3 is 31.1 Å². The minimum atomic E-state index is -0.570. The van der Waals surface area contributed by atoms with Crippen LogP contribution in [-0.4, -0.2) is 107 Å². The van der Waals surface area contributed by atoms with Crippen molar-refractivity contribution in [3.8, 4) is 11.1 Å². The third-order valence-electron chi connectivity index (χ3n) is 13.1. The number of nitrogens with two attached hydrogens (primary N) is 1. The number of nitro benzene ring substituents is 2. The minimum absolute atomic E-state index is 0. The largest absolute Gasteiger partial charge is 0.328 e. The molecule has 3 fully saturated rings. The first-order valence-electron chi connectivity index (χ1n) is 24.3. The topological polar surface area (TPSA) is 189 Å². The van der Waals surface area contributed by atoms with Crippen LogP contribution in [0.5, 0.6) is 0 Å². The summed E-state index contributed by atoms with van der Waals surface area (Å²) in [5.41, 5.74) is 12.8. The predicted molar refractivity (Wildman–Crippen MR) is 289 cm³/mol. The van der Waals surface area contributed by atoms with E-state index in [-0.39, 0.29) is 29.6 Å². The van der Waals surface area contributed by atoms with Crippen molar-refractivity contribution in [2.45, 2.75) is 64.8 Å². The molecule has 4 N–H and O–H groups in total. The monoisotopic (exact) mass is 983 g/mol. The lowest BCUT2D eigenvalue weighted by molar-refractivity contribution is -0.385. The van der Waals surface area contributed by atoms with Crippen LogP contribution in [0.1, 0.15) is 57.1 Å².